The number of rotatable bonds is 8. The molecule has 0 aliphatic heterocycles. The lowest BCUT2D eigenvalue weighted by Crippen LogP contribution is -2.47. The second kappa shape index (κ2) is 11.3. The maximum absolute atomic E-state index is 12.7. The van der Waals surface area contributed by atoms with Crippen molar-refractivity contribution in [2.75, 3.05) is 6.54 Å². The Bertz CT molecular complexity index is 769. The summed E-state index contributed by atoms with van der Waals surface area (Å²) in [6.07, 6.45) is 2.32. The molecule has 1 aromatic carbocycles. The summed E-state index contributed by atoms with van der Waals surface area (Å²) in [7, 11) is -4.64. The summed E-state index contributed by atoms with van der Waals surface area (Å²) in [5, 5.41) is 0. The average Bonchev–Trinajstić information content (AvgIpc) is 2.64. The molecule has 1 heterocycles. The predicted molar refractivity (Wildman–Crippen MR) is 117 cm³/mol. The molecular formula is C21H32N3O5P. The van der Waals surface area contributed by atoms with Crippen molar-refractivity contribution in [3.63, 3.8) is 0 Å². The van der Waals surface area contributed by atoms with Gasteiger partial charge in [-0.1, -0.05) is 36.4 Å². The molecule has 2 aromatic rings. The highest BCUT2D eigenvalue weighted by Gasteiger charge is 2.42. The van der Waals surface area contributed by atoms with Crippen LogP contribution in [0.25, 0.3) is 0 Å². The molecule has 0 saturated heterocycles. The van der Waals surface area contributed by atoms with E-state index in [2.05, 4.69) is 37.6 Å². The highest BCUT2D eigenvalue weighted by atomic mass is 31.2. The van der Waals surface area contributed by atoms with Gasteiger partial charge in [0.15, 0.2) is 0 Å². The van der Waals surface area contributed by atoms with E-state index in [4.69, 9.17) is 25.0 Å². The summed E-state index contributed by atoms with van der Waals surface area (Å²) < 4.78 is 8.88. The number of carbonyl (C=O) groups excluding carboxylic acids is 1. The number of phosphoric acid groups is 1. The SMILES string of the molecule is CC(C)N(CCC(C(N)=O)(c1ccccc1)c1ccccn1)C(C)C.O=P(O)(O)O. The summed E-state index contributed by atoms with van der Waals surface area (Å²) in [5.74, 6) is -0.357. The van der Waals surface area contributed by atoms with Crippen molar-refractivity contribution in [2.45, 2.75) is 51.6 Å². The second-order valence-electron chi connectivity index (χ2n) is 7.54. The van der Waals surface area contributed by atoms with Crippen LogP contribution in [-0.2, 0) is 14.8 Å². The Hall–Kier alpha value is -2.09. The van der Waals surface area contributed by atoms with E-state index in [0.29, 0.717) is 24.2 Å². The summed E-state index contributed by atoms with van der Waals surface area (Å²) in [4.78, 5) is 41.2. The lowest BCUT2D eigenvalue weighted by Gasteiger charge is -2.36. The molecule has 0 aliphatic rings. The summed E-state index contributed by atoms with van der Waals surface area (Å²) in [5.41, 5.74) is 6.66. The lowest BCUT2D eigenvalue weighted by molar-refractivity contribution is -0.122. The van der Waals surface area contributed by atoms with Gasteiger partial charge in [0.1, 0.15) is 5.41 Å². The number of nitrogens with zero attached hydrogens (tertiary/aromatic N) is 2. The number of benzene rings is 1. The van der Waals surface area contributed by atoms with E-state index < -0.39 is 13.2 Å². The third-order valence-corrected chi connectivity index (χ3v) is 4.86. The van der Waals surface area contributed by atoms with Crippen molar-refractivity contribution in [3.05, 3.63) is 66.0 Å². The third-order valence-electron chi connectivity index (χ3n) is 4.86. The lowest BCUT2D eigenvalue weighted by atomic mass is 9.73. The predicted octanol–water partition coefficient (Wildman–Crippen LogP) is 2.43. The van der Waals surface area contributed by atoms with Crippen LogP contribution >= 0.6 is 7.82 Å². The van der Waals surface area contributed by atoms with Gasteiger partial charge < -0.3 is 20.4 Å². The van der Waals surface area contributed by atoms with Crippen LogP contribution in [0.1, 0.15) is 45.4 Å². The molecule has 1 atom stereocenters. The molecule has 0 aliphatic carbocycles. The Balaban J connectivity index is 0.000000804. The number of hydrogen-bond donors (Lipinski definition) is 4. The standard InChI is InChI=1S/C21H29N3O.H3O4P/c1-16(2)24(17(3)4)15-13-21(20(22)25,18-10-6-5-7-11-18)19-12-8-9-14-23-19;1-5(2,3)4/h5-12,14,16-17H,13,15H2,1-4H3,(H2,22,25);(H3,1,2,3,4). The molecule has 0 bridgehead atoms. The quantitative estimate of drug-likeness (QED) is 0.466. The molecule has 1 aromatic heterocycles. The number of nitrogens with two attached hydrogens (primary N) is 1. The summed E-state index contributed by atoms with van der Waals surface area (Å²) >= 11 is 0. The Kier molecular flexibility index (Phi) is 9.81. The largest absolute Gasteiger partial charge is 0.466 e. The highest BCUT2D eigenvalue weighted by molar-refractivity contribution is 7.45. The van der Waals surface area contributed by atoms with Gasteiger partial charge in [0.2, 0.25) is 5.91 Å². The van der Waals surface area contributed by atoms with Gasteiger partial charge in [-0.25, -0.2) is 4.57 Å². The Morgan fingerprint density at radius 3 is 1.93 bits per heavy atom. The summed E-state index contributed by atoms with van der Waals surface area (Å²) in [6.45, 7) is 9.47. The Morgan fingerprint density at radius 1 is 1.03 bits per heavy atom. The van der Waals surface area contributed by atoms with Crippen molar-refractivity contribution >= 4 is 13.7 Å². The first kappa shape index (κ1) is 25.9. The fourth-order valence-corrected chi connectivity index (χ4v) is 3.56. The fraction of sp³-hybridized carbons (Fsp3) is 0.429. The van der Waals surface area contributed by atoms with Crippen molar-refractivity contribution in [1.82, 2.24) is 9.88 Å². The van der Waals surface area contributed by atoms with Crippen LogP contribution in [0.5, 0.6) is 0 Å². The second-order valence-corrected chi connectivity index (χ2v) is 8.57. The zero-order valence-corrected chi connectivity index (χ0v) is 18.7. The molecule has 0 fully saturated rings. The fourth-order valence-electron chi connectivity index (χ4n) is 3.56. The zero-order chi connectivity index (χ0) is 22.9. The third kappa shape index (κ3) is 7.63. The first-order chi connectivity index (χ1) is 13.9. The molecule has 8 nitrogen and oxygen atoms in total. The minimum atomic E-state index is -4.64. The van der Waals surface area contributed by atoms with E-state index in [1.54, 1.807) is 6.20 Å². The maximum atomic E-state index is 12.7. The molecule has 9 heteroatoms. The van der Waals surface area contributed by atoms with Crippen molar-refractivity contribution < 1.29 is 24.0 Å². The molecule has 0 spiro atoms. The topological polar surface area (TPSA) is 137 Å². The van der Waals surface area contributed by atoms with Gasteiger partial charge >= 0.3 is 7.82 Å². The first-order valence-electron chi connectivity index (χ1n) is 9.70. The highest BCUT2D eigenvalue weighted by Crippen LogP contribution is 2.35. The molecule has 0 radical (unpaired) electrons. The van der Waals surface area contributed by atoms with Gasteiger partial charge in [0.25, 0.3) is 0 Å². The van der Waals surface area contributed by atoms with Crippen LogP contribution in [-0.4, -0.2) is 49.1 Å². The van der Waals surface area contributed by atoms with Crippen LogP contribution in [0.4, 0.5) is 0 Å². The molecule has 166 valence electrons. The number of carbonyl (C=O) groups is 1. The molecule has 2 rings (SSSR count). The number of aromatic nitrogens is 1. The van der Waals surface area contributed by atoms with Crippen LogP contribution in [0.3, 0.4) is 0 Å². The van der Waals surface area contributed by atoms with E-state index in [9.17, 15) is 4.79 Å². The number of amides is 1. The van der Waals surface area contributed by atoms with E-state index >= 15 is 0 Å². The first-order valence-corrected chi connectivity index (χ1v) is 11.3. The molecule has 0 saturated carbocycles. The van der Waals surface area contributed by atoms with Gasteiger partial charge in [-0.2, -0.15) is 0 Å². The zero-order valence-electron chi connectivity index (χ0n) is 17.8. The average molecular weight is 437 g/mol. The number of primary amides is 1. The molecular weight excluding hydrogens is 405 g/mol. The molecule has 5 N–H and O–H groups in total. The monoisotopic (exact) mass is 437 g/mol. The van der Waals surface area contributed by atoms with Gasteiger partial charge in [-0.3, -0.25) is 14.7 Å². The van der Waals surface area contributed by atoms with Crippen LogP contribution in [0.2, 0.25) is 0 Å². The number of hydrogen-bond acceptors (Lipinski definition) is 4. The normalized spacial score (nSPS) is 13.7. The van der Waals surface area contributed by atoms with Crippen molar-refractivity contribution in [2.24, 2.45) is 5.73 Å². The van der Waals surface area contributed by atoms with Gasteiger partial charge in [0, 0.05) is 24.8 Å². The van der Waals surface area contributed by atoms with E-state index in [1.807, 2.05) is 48.5 Å². The van der Waals surface area contributed by atoms with Crippen LogP contribution in [0.15, 0.2) is 54.7 Å². The van der Waals surface area contributed by atoms with Crippen molar-refractivity contribution in [1.29, 1.82) is 0 Å². The van der Waals surface area contributed by atoms with Gasteiger partial charge in [0.05, 0.1) is 5.69 Å². The molecule has 30 heavy (non-hydrogen) atoms. The van der Waals surface area contributed by atoms with Gasteiger partial charge in [-0.15, -0.1) is 0 Å². The minimum Gasteiger partial charge on any atom is -0.369 e. The Labute approximate surface area is 178 Å². The molecule has 1 amide bonds. The summed E-state index contributed by atoms with van der Waals surface area (Å²) in [6, 6.07) is 16.2. The van der Waals surface area contributed by atoms with E-state index in [1.165, 1.54) is 0 Å². The molecule has 1 unspecified atom stereocenters. The van der Waals surface area contributed by atoms with Crippen LogP contribution < -0.4 is 5.73 Å². The van der Waals surface area contributed by atoms with Crippen LogP contribution in [0, 0.1) is 0 Å². The smallest absolute Gasteiger partial charge is 0.369 e. The number of pyridine rings is 1. The Morgan fingerprint density at radius 2 is 1.53 bits per heavy atom. The van der Waals surface area contributed by atoms with Crippen molar-refractivity contribution in [3.8, 4) is 0 Å². The van der Waals surface area contributed by atoms with Gasteiger partial charge in [-0.05, 0) is 51.8 Å². The maximum Gasteiger partial charge on any atom is 0.466 e. The minimum absolute atomic E-state index is 0.357. The van der Waals surface area contributed by atoms with E-state index in [0.717, 1.165) is 12.1 Å². The van der Waals surface area contributed by atoms with E-state index in [-0.39, 0.29) is 5.91 Å².